The Hall–Kier alpha value is -3.99. The summed E-state index contributed by atoms with van der Waals surface area (Å²) in [6.45, 7) is 6.48. The number of fused-ring (bicyclic) bond motifs is 1. The first-order valence-electron chi connectivity index (χ1n) is 12.0. The number of halogens is 1. The standard InChI is InChI=1S/C25H29FN8O2/c1-3-8-34-20-13-17(4-6-21(20)36-16-23(34)35)29-24-19(26)15-28-25(31-24)30-18-5-7-22(27-14-18)33-11-9-32(2)10-12-33/h4-7,13-15H,3,8-12,16H2,1-2H3,(H2,28,29,30,31). The van der Waals surface area contributed by atoms with E-state index in [9.17, 15) is 9.18 Å². The largest absolute Gasteiger partial charge is 0.482 e. The number of carbonyl (C=O) groups is 1. The third kappa shape index (κ3) is 5.15. The van der Waals surface area contributed by atoms with Crippen LogP contribution in [0.2, 0.25) is 0 Å². The van der Waals surface area contributed by atoms with Gasteiger partial charge in [0, 0.05) is 38.4 Å². The SMILES string of the molecule is CCCN1C(=O)COc2ccc(Nc3nc(Nc4ccc(N5CCN(C)CC5)nc4)ncc3F)cc21. The van der Waals surface area contributed by atoms with Crippen LogP contribution in [-0.4, -0.2) is 72.1 Å². The number of benzene rings is 1. The second kappa shape index (κ2) is 10.3. The maximum absolute atomic E-state index is 14.6. The number of hydrogen-bond donors (Lipinski definition) is 2. The van der Waals surface area contributed by atoms with Crippen LogP contribution < -0.4 is 25.2 Å². The third-order valence-electron chi connectivity index (χ3n) is 6.19. The molecule has 4 heterocycles. The first-order chi connectivity index (χ1) is 17.5. The average molecular weight is 493 g/mol. The highest BCUT2D eigenvalue weighted by Crippen LogP contribution is 2.35. The predicted octanol–water partition coefficient (Wildman–Crippen LogP) is 3.39. The first-order valence-corrected chi connectivity index (χ1v) is 12.0. The van der Waals surface area contributed by atoms with Crippen molar-refractivity contribution in [1.82, 2.24) is 19.9 Å². The summed E-state index contributed by atoms with van der Waals surface area (Å²) in [6.07, 6.45) is 3.64. The van der Waals surface area contributed by atoms with Gasteiger partial charge in [0.15, 0.2) is 18.2 Å². The van der Waals surface area contributed by atoms with Gasteiger partial charge < -0.3 is 30.1 Å². The number of carbonyl (C=O) groups excluding carboxylic acids is 1. The molecule has 0 bridgehead atoms. The van der Waals surface area contributed by atoms with Crippen LogP contribution in [0.5, 0.6) is 5.75 Å². The fourth-order valence-electron chi connectivity index (χ4n) is 4.21. The molecule has 2 aliphatic rings. The van der Waals surface area contributed by atoms with E-state index in [0.29, 0.717) is 29.4 Å². The zero-order valence-electron chi connectivity index (χ0n) is 20.4. The summed E-state index contributed by atoms with van der Waals surface area (Å²) in [5.74, 6) is 1.08. The number of likely N-dealkylation sites (N-methyl/N-ethyl adjacent to an activating group) is 1. The Morgan fingerprint density at radius 3 is 2.58 bits per heavy atom. The maximum atomic E-state index is 14.6. The maximum Gasteiger partial charge on any atom is 0.265 e. The molecule has 0 spiro atoms. The zero-order valence-corrected chi connectivity index (χ0v) is 20.4. The second-order valence-corrected chi connectivity index (χ2v) is 8.85. The Morgan fingerprint density at radius 1 is 1.03 bits per heavy atom. The molecular weight excluding hydrogens is 463 g/mol. The van der Waals surface area contributed by atoms with Gasteiger partial charge in [0.25, 0.3) is 5.91 Å². The van der Waals surface area contributed by atoms with Crippen LogP contribution in [0.4, 0.5) is 39.0 Å². The summed E-state index contributed by atoms with van der Waals surface area (Å²) in [5.41, 5.74) is 1.93. The van der Waals surface area contributed by atoms with Crippen LogP contribution in [0, 0.1) is 5.82 Å². The highest BCUT2D eigenvalue weighted by atomic mass is 19.1. The lowest BCUT2D eigenvalue weighted by Gasteiger charge is -2.33. The molecule has 10 nitrogen and oxygen atoms in total. The number of anilines is 6. The highest BCUT2D eigenvalue weighted by Gasteiger charge is 2.25. The van der Waals surface area contributed by atoms with Crippen molar-refractivity contribution in [1.29, 1.82) is 0 Å². The molecule has 5 rings (SSSR count). The van der Waals surface area contributed by atoms with Crippen molar-refractivity contribution >= 4 is 40.6 Å². The molecule has 0 saturated carbocycles. The van der Waals surface area contributed by atoms with Crippen molar-refractivity contribution in [2.45, 2.75) is 13.3 Å². The summed E-state index contributed by atoms with van der Waals surface area (Å²) >= 11 is 0. The van der Waals surface area contributed by atoms with Crippen molar-refractivity contribution < 1.29 is 13.9 Å². The number of piperazine rings is 1. The molecule has 0 aliphatic carbocycles. The van der Waals surface area contributed by atoms with Crippen molar-refractivity contribution in [3.63, 3.8) is 0 Å². The van der Waals surface area contributed by atoms with Crippen LogP contribution in [0.15, 0.2) is 42.7 Å². The normalized spacial score (nSPS) is 15.9. The van der Waals surface area contributed by atoms with Gasteiger partial charge in [-0.2, -0.15) is 4.98 Å². The Kier molecular flexibility index (Phi) is 6.81. The topological polar surface area (TPSA) is 98.7 Å². The number of hydrogen-bond acceptors (Lipinski definition) is 9. The van der Waals surface area contributed by atoms with E-state index in [2.05, 4.69) is 42.4 Å². The van der Waals surface area contributed by atoms with Gasteiger partial charge in [0.05, 0.1) is 23.8 Å². The van der Waals surface area contributed by atoms with Crippen molar-refractivity contribution in [2.75, 3.05) is 66.8 Å². The van der Waals surface area contributed by atoms with Gasteiger partial charge in [-0.15, -0.1) is 0 Å². The smallest absolute Gasteiger partial charge is 0.265 e. The van der Waals surface area contributed by atoms with Crippen LogP contribution in [-0.2, 0) is 4.79 Å². The van der Waals surface area contributed by atoms with Gasteiger partial charge in [-0.25, -0.2) is 14.4 Å². The Morgan fingerprint density at radius 2 is 1.83 bits per heavy atom. The van der Waals surface area contributed by atoms with E-state index in [1.165, 1.54) is 0 Å². The van der Waals surface area contributed by atoms with E-state index in [0.717, 1.165) is 44.6 Å². The molecule has 2 aliphatic heterocycles. The van der Waals surface area contributed by atoms with Crippen LogP contribution in [0.3, 0.4) is 0 Å². The lowest BCUT2D eigenvalue weighted by molar-refractivity contribution is -0.121. The predicted molar refractivity (Wildman–Crippen MR) is 137 cm³/mol. The molecule has 0 radical (unpaired) electrons. The van der Waals surface area contributed by atoms with Gasteiger partial charge in [0.2, 0.25) is 5.95 Å². The van der Waals surface area contributed by atoms with E-state index >= 15 is 0 Å². The summed E-state index contributed by atoms with van der Waals surface area (Å²) in [7, 11) is 2.12. The molecule has 2 aromatic heterocycles. The molecule has 1 saturated heterocycles. The molecule has 1 fully saturated rings. The Bertz CT molecular complexity index is 1230. The third-order valence-corrected chi connectivity index (χ3v) is 6.19. The summed E-state index contributed by atoms with van der Waals surface area (Å²) in [6, 6.07) is 9.14. The minimum Gasteiger partial charge on any atom is -0.482 e. The number of ether oxygens (including phenoxy) is 1. The minimum absolute atomic E-state index is 0.0135. The van der Waals surface area contributed by atoms with Gasteiger partial charge in [-0.05, 0) is 43.8 Å². The van der Waals surface area contributed by atoms with E-state index in [1.54, 1.807) is 29.3 Å². The molecule has 11 heteroatoms. The van der Waals surface area contributed by atoms with Gasteiger partial charge in [0.1, 0.15) is 11.6 Å². The molecule has 0 atom stereocenters. The van der Waals surface area contributed by atoms with E-state index in [-0.39, 0.29) is 24.3 Å². The molecule has 3 aromatic rings. The van der Waals surface area contributed by atoms with Gasteiger partial charge in [-0.3, -0.25) is 4.79 Å². The number of nitrogens with one attached hydrogen (secondary N) is 2. The number of pyridine rings is 1. The number of amides is 1. The quantitative estimate of drug-likeness (QED) is 0.514. The Balaban J connectivity index is 1.30. The molecule has 0 unspecified atom stereocenters. The van der Waals surface area contributed by atoms with Gasteiger partial charge in [-0.1, -0.05) is 6.92 Å². The highest BCUT2D eigenvalue weighted by molar-refractivity contribution is 5.98. The molecular formula is C25H29FN8O2. The van der Waals surface area contributed by atoms with Gasteiger partial charge >= 0.3 is 0 Å². The fourth-order valence-corrected chi connectivity index (χ4v) is 4.21. The monoisotopic (exact) mass is 492 g/mol. The van der Waals surface area contributed by atoms with E-state index in [4.69, 9.17) is 4.74 Å². The molecule has 1 aromatic carbocycles. The van der Waals surface area contributed by atoms with E-state index < -0.39 is 5.82 Å². The van der Waals surface area contributed by atoms with Crippen molar-refractivity contribution in [2.24, 2.45) is 0 Å². The van der Waals surface area contributed by atoms with Crippen molar-refractivity contribution in [3.8, 4) is 5.75 Å². The lowest BCUT2D eigenvalue weighted by Crippen LogP contribution is -2.44. The number of rotatable bonds is 7. The summed E-state index contributed by atoms with van der Waals surface area (Å²) in [5, 5.41) is 6.08. The first kappa shape index (κ1) is 23.7. The minimum atomic E-state index is -0.598. The van der Waals surface area contributed by atoms with E-state index in [1.807, 2.05) is 19.1 Å². The summed E-state index contributed by atoms with van der Waals surface area (Å²) in [4.78, 5) is 31.4. The Labute approximate surface area is 209 Å². The lowest BCUT2D eigenvalue weighted by atomic mass is 10.2. The molecule has 1 amide bonds. The fraction of sp³-hybridized carbons (Fsp3) is 0.360. The number of nitrogens with zero attached hydrogens (tertiary/aromatic N) is 6. The molecule has 2 N–H and O–H groups in total. The molecule has 36 heavy (non-hydrogen) atoms. The number of aromatic nitrogens is 3. The second-order valence-electron chi connectivity index (χ2n) is 8.85. The van der Waals surface area contributed by atoms with Crippen LogP contribution in [0.1, 0.15) is 13.3 Å². The van der Waals surface area contributed by atoms with Crippen LogP contribution >= 0.6 is 0 Å². The zero-order chi connectivity index (χ0) is 25.1. The molecule has 188 valence electrons. The summed E-state index contributed by atoms with van der Waals surface area (Å²) < 4.78 is 20.1. The average Bonchev–Trinajstić information content (AvgIpc) is 2.89. The van der Waals surface area contributed by atoms with Crippen molar-refractivity contribution in [3.05, 3.63) is 48.5 Å². The van der Waals surface area contributed by atoms with Crippen LogP contribution in [0.25, 0.3) is 0 Å².